The molecule has 1 aromatic rings. The molecule has 0 aliphatic carbocycles. The molecule has 0 heterocycles. The molecule has 16 heavy (non-hydrogen) atoms. The minimum absolute atomic E-state index is 0.0183. The maximum absolute atomic E-state index is 11.6. The van der Waals surface area contributed by atoms with Crippen molar-refractivity contribution in [2.75, 3.05) is 7.05 Å². The maximum Gasteiger partial charge on any atom is 0.223 e. The van der Waals surface area contributed by atoms with Gasteiger partial charge in [0.2, 0.25) is 5.91 Å². The lowest BCUT2D eigenvalue weighted by Crippen LogP contribution is -2.26. The van der Waals surface area contributed by atoms with Gasteiger partial charge in [-0.25, -0.2) is 0 Å². The summed E-state index contributed by atoms with van der Waals surface area (Å²) in [5.41, 5.74) is 2.33. The van der Waals surface area contributed by atoms with Crippen molar-refractivity contribution in [2.24, 2.45) is 0 Å². The van der Waals surface area contributed by atoms with Crippen LogP contribution in [0.5, 0.6) is 0 Å². The van der Waals surface area contributed by atoms with Crippen LogP contribution in [0, 0.1) is 18.3 Å². The lowest BCUT2D eigenvalue weighted by molar-refractivity contribution is -0.130. The second-order valence-electron chi connectivity index (χ2n) is 3.83. The Labute approximate surface area is 96.3 Å². The Kier molecular flexibility index (Phi) is 4.53. The van der Waals surface area contributed by atoms with Crippen LogP contribution in [0.25, 0.3) is 0 Å². The van der Waals surface area contributed by atoms with Crippen molar-refractivity contribution < 1.29 is 4.79 Å². The van der Waals surface area contributed by atoms with Gasteiger partial charge in [0.05, 0.1) is 6.07 Å². The molecule has 84 valence electrons. The van der Waals surface area contributed by atoms with Crippen LogP contribution in [0.3, 0.4) is 0 Å². The molecule has 0 radical (unpaired) electrons. The summed E-state index contributed by atoms with van der Waals surface area (Å²) >= 11 is 0. The van der Waals surface area contributed by atoms with E-state index in [4.69, 9.17) is 5.26 Å². The highest BCUT2D eigenvalue weighted by Crippen LogP contribution is 2.10. The summed E-state index contributed by atoms with van der Waals surface area (Å²) in [5.74, 6) is 0.0183. The predicted octanol–water partition coefficient (Wildman–Crippen LogP) is 2.26. The number of benzene rings is 1. The van der Waals surface area contributed by atoms with Crippen molar-refractivity contribution in [1.29, 1.82) is 5.26 Å². The van der Waals surface area contributed by atoms with E-state index in [1.165, 1.54) is 5.56 Å². The topological polar surface area (TPSA) is 44.1 Å². The zero-order valence-corrected chi connectivity index (χ0v) is 9.73. The van der Waals surface area contributed by atoms with Gasteiger partial charge >= 0.3 is 0 Å². The molecule has 0 aromatic heterocycles. The van der Waals surface area contributed by atoms with Gasteiger partial charge < -0.3 is 4.90 Å². The summed E-state index contributed by atoms with van der Waals surface area (Å²) in [6, 6.07) is 9.98. The van der Waals surface area contributed by atoms with E-state index in [0.717, 1.165) is 5.56 Å². The third-order valence-corrected chi connectivity index (χ3v) is 2.55. The van der Waals surface area contributed by atoms with E-state index in [9.17, 15) is 4.79 Å². The van der Waals surface area contributed by atoms with Crippen LogP contribution >= 0.6 is 0 Å². The van der Waals surface area contributed by atoms with Crippen LogP contribution in [0.2, 0.25) is 0 Å². The van der Waals surface area contributed by atoms with Gasteiger partial charge in [-0.05, 0) is 18.1 Å². The molecule has 1 aromatic carbocycles. The van der Waals surface area contributed by atoms with Crippen LogP contribution in [0.1, 0.15) is 24.0 Å². The molecule has 1 amide bonds. The largest absolute Gasteiger partial charge is 0.341 e. The number of carbonyl (C=O) groups is 1. The summed E-state index contributed by atoms with van der Waals surface area (Å²) in [6.07, 6.45) is 0.593. The molecular formula is C13H16N2O. The van der Waals surface area contributed by atoms with Gasteiger partial charge in [-0.15, -0.1) is 0 Å². The first-order chi connectivity index (χ1) is 7.65. The second kappa shape index (κ2) is 5.92. The zero-order chi connectivity index (χ0) is 12.0. The first kappa shape index (κ1) is 12.3. The molecule has 0 atom stereocenters. The highest BCUT2D eigenvalue weighted by molar-refractivity contribution is 5.76. The minimum Gasteiger partial charge on any atom is -0.341 e. The number of hydrogen-bond donors (Lipinski definition) is 0. The van der Waals surface area contributed by atoms with E-state index in [1.807, 2.05) is 37.3 Å². The van der Waals surface area contributed by atoms with Gasteiger partial charge in [0.15, 0.2) is 0 Å². The summed E-state index contributed by atoms with van der Waals surface area (Å²) in [5, 5.41) is 8.41. The molecule has 0 aliphatic heterocycles. The fraction of sp³-hybridized carbons (Fsp3) is 0.385. The van der Waals surface area contributed by atoms with Crippen molar-refractivity contribution in [1.82, 2.24) is 4.90 Å². The maximum atomic E-state index is 11.6. The zero-order valence-electron chi connectivity index (χ0n) is 9.73. The average Bonchev–Trinajstić information content (AvgIpc) is 2.28. The van der Waals surface area contributed by atoms with Crippen molar-refractivity contribution in [3.8, 4) is 6.07 Å². The van der Waals surface area contributed by atoms with Gasteiger partial charge in [0.25, 0.3) is 0 Å². The molecule has 0 bridgehead atoms. The van der Waals surface area contributed by atoms with E-state index < -0.39 is 0 Å². The molecule has 0 saturated heterocycles. The Balaban J connectivity index is 2.58. The lowest BCUT2D eigenvalue weighted by Gasteiger charge is -2.17. The fourth-order valence-corrected chi connectivity index (χ4v) is 1.48. The van der Waals surface area contributed by atoms with Crippen LogP contribution in [-0.2, 0) is 11.3 Å². The predicted molar refractivity (Wildman–Crippen MR) is 62.5 cm³/mol. The molecule has 0 unspecified atom stereocenters. The Hall–Kier alpha value is -1.82. The third-order valence-electron chi connectivity index (χ3n) is 2.55. The Morgan fingerprint density at radius 1 is 1.44 bits per heavy atom. The van der Waals surface area contributed by atoms with Gasteiger partial charge in [-0.1, -0.05) is 24.3 Å². The third kappa shape index (κ3) is 3.39. The number of hydrogen-bond acceptors (Lipinski definition) is 2. The molecule has 0 saturated carbocycles. The van der Waals surface area contributed by atoms with Crippen molar-refractivity contribution >= 4 is 5.91 Å². The molecule has 3 heteroatoms. The molecule has 0 spiro atoms. The van der Waals surface area contributed by atoms with Gasteiger partial charge in [0.1, 0.15) is 0 Å². The first-order valence-electron chi connectivity index (χ1n) is 5.30. The highest BCUT2D eigenvalue weighted by Gasteiger charge is 2.09. The minimum atomic E-state index is 0.0183. The highest BCUT2D eigenvalue weighted by atomic mass is 16.2. The number of aryl methyl sites for hydroxylation is 1. The molecule has 0 aliphatic rings. The molecule has 0 fully saturated rings. The molecule has 1 rings (SSSR count). The monoisotopic (exact) mass is 216 g/mol. The number of amides is 1. The van der Waals surface area contributed by atoms with E-state index in [2.05, 4.69) is 0 Å². The van der Waals surface area contributed by atoms with Crippen molar-refractivity contribution in [3.05, 3.63) is 35.4 Å². The summed E-state index contributed by atoms with van der Waals surface area (Å²) in [7, 11) is 1.77. The fourth-order valence-electron chi connectivity index (χ4n) is 1.48. The normalized spacial score (nSPS) is 9.56. The van der Waals surface area contributed by atoms with Crippen molar-refractivity contribution in [2.45, 2.75) is 26.3 Å². The van der Waals surface area contributed by atoms with Crippen LogP contribution in [0.4, 0.5) is 0 Å². The number of nitriles is 1. The van der Waals surface area contributed by atoms with Gasteiger partial charge in [-0.3, -0.25) is 4.79 Å². The van der Waals surface area contributed by atoms with E-state index in [1.54, 1.807) is 11.9 Å². The van der Waals surface area contributed by atoms with Crippen LogP contribution in [0.15, 0.2) is 24.3 Å². The van der Waals surface area contributed by atoms with E-state index in [0.29, 0.717) is 13.0 Å². The molecule has 0 N–H and O–H groups in total. The lowest BCUT2D eigenvalue weighted by atomic mass is 10.1. The Morgan fingerprint density at radius 3 is 2.75 bits per heavy atom. The average molecular weight is 216 g/mol. The second-order valence-corrected chi connectivity index (χ2v) is 3.83. The van der Waals surface area contributed by atoms with Gasteiger partial charge in [-0.2, -0.15) is 5.26 Å². The molecule has 3 nitrogen and oxygen atoms in total. The number of rotatable bonds is 4. The summed E-state index contributed by atoms with van der Waals surface area (Å²) in [6.45, 7) is 2.64. The SMILES string of the molecule is Cc1ccccc1CN(C)C(=O)CCC#N. The van der Waals surface area contributed by atoms with Gasteiger partial charge in [0, 0.05) is 26.4 Å². The summed E-state index contributed by atoms with van der Waals surface area (Å²) in [4.78, 5) is 13.3. The van der Waals surface area contributed by atoms with Crippen LogP contribution < -0.4 is 0 Å². The van der Waals surface area contributed by atoms with Crippen molar-refractivity contribution in [3.63, 3.8) is 0 Å². The molecular weight excluding hydrogens is 200 g/mol. The standard InChI is InChI=1S/C13H16N2O/c1-11-6-3-4-7-12(11)10-15(2)13(16)8-5-9-14/h3-4,6-7H,5,8,10H2,1-2H3. The number of carbonyl (C=O) groups excluding carboxylic acids is 1. The quantitative estimate of drug-likeness (QED) is 0.774. The Morgan fingerprint density at radius 2 is 2.12 bits per heavy atom. The van der Waals surface area contributed by atoms with Crippen LogP contribution in [-0.4, -0.2) is 17.9 Å². The Bertz CT molecular complexity index is 407. The summed E-state index contributed by atoms with van der Waals surface area (Å²) < 4.78 is 0. The van der Waals surface area contributed by atoms with E-state index in [-0.39, 0.29) is 12.3 Å². The smallest absolute Gasteiger partial charge is 0.223 e. The van der Waals surface area contributed by atoms with E-state index >= 15 is 0 Å². The first-order valence-corrected chi connectivity index (χ1v) is 5.30. The number of nitrogens with zero attached hydrogens (tertiary/aromatic N) is 2.